The van der Waals surface area contributed by atoms with E-state index in [2.05, 4.69) is 0 Å². The molecule has 0 unspecified atom stereocenters. The summed E-state index contributed by atoms with van der Waals surface area (Å²) in [6.07, 6.45) is 2.03. The summed E-state index contributed by atoms with van der Waals surface area (Å²) >= 11 is 1.64. The highest BCUT2D eigenvalue weighted by atomic mass is 32.2. The van der Waals surface area contributed by atoms with E-state index in [0.29, 0.717) is 0 Å². The molecule has 0 radical (unpaired) electrons. The van der Waals surface area contributed by atoms with Crippen LogP contribution in [-0.2, 0) is 20.9 Å². The van der Waals surface area contributed by atoms with Crippen molar-refractivity contribution in [3.8, 4) is 0 Å². The summed E-state index contributed by atoms with van der Waals surface area (Å²) in [5.41, 5.74) is 1.09. The van der Waals surface area contributed by atoms with Crippen LogP contribution < -0.4 is 4.90 Å². The van der Waals surface area contributed by atoms with Crippen molar-refractivity contribution in [3.63, 3.8) is 0 Å². The van der Waals surface area contributed by atoms with E-state index in [1.807, 2.05) is 30.5 Å². The van der Waals surface area contributed by atoms with Crippen molar-refractivity contribution in [2.75, 3.05) is 17.7 Å². The molecule has 6 heteroatoms. The van der Waals surface area contributed by atoms with Crippen LogP contribution in [0.15, 0.2) is 53.4 Å². The van der Waals surface area contributed by atoms with Crippen molar-refractivity contribution in [3.05, 3.63) is 59.9 Å². The van der Waals surface area contributed by atoms with Gasteiger partial charge in [0, 0.05) is 17.9 Å². The minimum atomic E-state index is -0.572. The normalized spacial score (nSPS) is 17.0. The van der Waals surface area contributed by atoms with Crippen molar-refractivity contribution in [1.82, 2.24) is 0 Å². The SMILES string of the molecule is CSc1ccc(COC(=O)[C@@H]2CC(=O)N(c3ccccc3F)C2)cc1. The summed E-state index contributed by atoms with van der Waals surface area (Å²) in [5, 5.41) is 0. The second-order valence-corrected chi connectivity index (χ2v) is 6.69. The van der Waals surface area contributed by atoms with Gasteiger partial charge in [-0.15, -0.1) is 11.8 Å². The number of benzene rings is 2. The van der Waals surface area contributed by atoms with Crippen molar-refractivity contribution >= 4 is 29.3 Å². The Kier molecular flexibility index (Phi) is 5.38. The molecule has 1 fully saturated rings. The first kappa shape index (κ1) is 17.5. The average Bonchev–Trinajstić information content (AvgIpc) is 3.02. The predicted octanol–water partition coefficient (Wildman–Crippen LogP) is 3.64. The van der Waals surface area contributed by atoms with Gasteiger partial charge in [0.1, 0.15) is 12.4 Å². The minimum absolute atomic E-state index is 0.0403. The second-order valence-electron chi connectivity index (χ2n) is 5.81. The first-order valence-electron chi connectivity index (χ1n) is 7.93. The molecule has 2 aromatic rings. The molecular weight excluding hydrogens is 341 g/mol. The van der Waals surface area contributed by atoms with Gasteiger partial charge in [-0.3, -0.25) is 9.59 Å². The lowest BCUT2D eigenvalue weighted by molar-refractivity contribution is -0.149. The smallest absolute Gasteiger partial charge is 0.311 e. The van der Waals surface area contributed by atoms with Gasteiger partial charge in [0.15, 0.2) is 0 Å². The number of thioether (sulfide) groups is 1. The maximum atomic E-state index is 13.9. The lowest BCUT2D eigenvalue weighted by Crippen LogP contribution is -2.27. The third-order valence-corrected chi connectivity index (χ3v) is 4.89. The maximum absolute atomic E-state index is 13.9. The fourth-order valence-electron chi connectivity index (χ4n) is 2.76. The van der Waals surface area contributed by atoms with Gasteiger partial charge < -0.3 is 9.64 Å². The van der Waals surface area contributed by atoms with Gasteiger partial charge >= 0.3 is 5.97 Å². The highest BCUT2D eigenvalue weighted by Gasteiger charge is 2.37. The summed E-state index contributed by atoms with van der Waals surface area (Å²) in [6, 6.07) is 13.8. The molecule has 1 aliphatic heterocycles. The molecule has 0 aromatic heterocycles. The number of amides is 1. The van der Waals surface area contributed by atoms with Gasteiger partial charge in [-0.05, 0) is 36.1 Å². The molecule has 1 amide bonds. The van der Waals surface area contributed by atoms with Crippen LogP contribution in [0.2, 0.25) is 0 Å². The van der Waals surface area contributed by atoms with Crippen LogP contribution >= 0.6 is 11.8 Å². The molecule has 0 bridgehead atoms. The van der Waals surface area contributed by atoms with E-state index in [9.17, 15) is 14.0 Å². The number of hydrogen-bond acceptors (Lipinski definition) is 4. The summed E-state index contributed by atoms with van der Waals surface area (Å²) in [7, 11) is 0. The Morgan fingerprint density at radius 1 is 1.24 bits per heavy atom. The highest BCUT2D eigenvalue weighted by Crippen LogP contribution is 2.28. The van der Waals surface area contributed by atoms with Crippen LogP contribution in [0.3, 0.4) is 0 Å². The zero-order chi connectivity index (χ0) is 17.8. The van der Waals surface area contributed by atoms with Gasteiger partial charge in [0.25, 0.3) is 0 Å². The molecule has 0 spiro atoms. The number of anilines is 1. The van der Waals surface area contributed by atoms with E-state index in [1.165, 1.54) is 17.0 Å². The fourth-order valence-corrected chi connectivity index (χ4v) is 3.17. The molecule has 1 saturated heterocycles. The quantitative estimate of drug-likeness (QED) is 0.604. The molecule has 3 rings (SSSR count). The number of carbonyl (C=O) groups is 2. The third-order valence-electron chi connectivity index (χ3n) is 4.14. The number of carbonyl (C=O) groups excluding carboxylic acids is 2. The van der Waals surface area contributed by atoms with Gasteiger partial charge in [-0.25, -0.2) is 4.39 Å². The number of esters is 1. The average molecular weight is 359 g/mol. The summed E-state index contributed by atoms with van der Waals surface area (Å²) < 4.78 is 19.2. The molecule has 4 nitrogen and oxygen atoms in total. The van der Waals surface area contributed by atoms with E-state index in [0.717, 1.165) is 10.5 Å². The Morgan fingerprint density at radius 2 is 1.96 bits per heavy atom. The molecule has 0 aliphatic carbocycles. The highest BCUT2D eigenvalue weighted by molar-refractivity contribution is 7.98. The number of ether oxygens (including phenoxy) is 1. The number of nitrogens with zero attached hydrogens (tertiary/aromatic N) is 1. The van der Waals surface area contributed by atoms with Crippen molar-refractivity contribution < 1.29 is 18.7 Å². The topological polar surface area (TPSA) is 46.6 Å². The third kappa shape index (κ3) is 4.02. The molecule has 25 heavy (non-hydrogen) atoms. The summed E-state index contributed by atoms with van der Waals surface area (Å²) in [5.74, 6) is -1.74. The first-order chi connectivity index (χ1) is 12.1. The van der Waals surface area contributed by atoms with Gasteiger partial charge in [-0.2, -0.15) is 0 Å². The van der Waals surface area contributed by atoms with Crippen LogP contribution in [0.4, 0.5) is 10.1 Å². The van der Waals surface area contributed by atoms with E-state index in [4.69, 9.17) is 4.74 Å². The number of rotatable bonds is 5. The number of hydrogen-bond donors (Lipinski definition) is 0. The largest absolute Gasteiger partial charge is 0.461 e. The molecular formula is C19H18FNO3S. The van der Waals surface area contributed by atoms with Crippen LogP contribution in [0, 0.1) is 11.7 Å². The molecule has 2 aromatic carbocycles. The Hall–Kier alpha value is -2.34. The molecule has 130 valence electrons. The zero-order valence-electron chi connectivity index (χ0n) is 13.8. The molecule has 1 aliphatic rings. The molecule has 1 heterocycles. The van der Waals surface area contributed by atoms with Gasteiger partial charge in [0.2, 0.25) is 5.91 Å². The molecule has 0 saturated carbocycles. The van der Waals surface area contributed by atoms with Crippen LogP contribution in [0.1, 0.15) is 12.0 Å². The van der Waals surface area contributed by atoms with Crippen molar-refractivity contribution in [2.24, 2.45) is 5.92 Å². The maximum Gasteiger partial charge on any atom is 0.311 e. The minimum Gasteiger partial charge on any atom is -0.461 e. The summed E-state index contributed by atoms with van der Waals surface area (Å²) in [4.78, 5) is 26.8. The Balaban J connectivity index is 1.60. The van der Waals surface area contributed by atoms with E-state index in [1.54, 1.807) is 23.9 Å². The van der Waals surface area contributed by atoms with Crippen LogP contribution in [-0.4, -0.2) is 24.7 Å². The summed E-state index contributed by atoms with van der Waals surface area (Å²) in [6.45, 7) is 0.307. The number of halogens is 1. The van der Waals surface area contributed by atoms with Crippen molar-refractivity contribution in [2.45, 2.75) is 17.9 Å². The Labute approximate surface area is 150 Å². The first-order valence-corrected chi connectivity index (χ1v) is 9.15. The van der Waals surface area contributed by atoms with Crippen LogP contribution in [0.25, 0.3) is 0 Å². The second kappa shape index (κ2) is 7.70. The Bertz CT molecular complexity index is 778. The molecule has 1 atom stereocenters. The number of para-hydroxylation sites is 1. The zero-order valence-corrected chi connectivity index (χ0v) is 14.6. The monoisotopic (exact) mass is 359 g/mol. The lowest BCUT2D eigenvalue weighted by Gasteiger charge is -2.17. The van der Waals surface area contributed by atoms with Gasteiger partial charge in [0.05, 0.1) is 11.6 Å². The van der Waals surface area contributed by atoms with E-state index >= 15 is 0 Å². The van der Waals surface area contributed by atoms with E-state index in [-0.39, 0.29) is 31.2 Å². The molecule has 0 N–H and O–H groups in total. The lowest BCUT2D eigenvalue weighted by atomic mass is 10.1. The van der Waals surface area contributed by atoms with Crippen LogP contribution in [0.5, 0.6) is 0 Å². The fraction of sp³-hybridized carbons (Fsp3) is 0.263. The Morgan fingerprint density at radius 3 is 2.64 bits per heavy atom. The van der Waals surface area contributed by atoms with Crippen molar-refractivity contribution in [1.29, 1.82) is 0 Å². The standard InChI is InChI=1S/C19H18FNO3S/c1-25-15-8-6-13(7-9-15)12-24-19(23)14-10-18(22)21(11-14)17-5-3-2-4-16(17)20/h2-9,14H,10-12H2,1H3/t14-/m1/s1. The van der Waals surface area contributed by atoms with E-state index < -0.39 is 17.7 Å². The van der Waals surface area contributed by atoms with Gasteiger partial charge in [-0.1, -0.05) is 24.3 Å². The predicted molar refractivity (Wildman–Crippen MR) is 94.9 cm³/mol.